The van der Waals surface area contributed by atoms with Gasteiger partial charge in [0, 0.05) is 6.92 Å². The maximum Gasteiger partial charge on any atom is 0.303 e. The molecule has 6 heteroatoms. The molecule has 1 atom stereocenters. The van der Waals surface area contributed by atoms with E-state index in [1.165, 1.54) is 0 Å². The molecule has 0 aromatic carbocycles. The lowest BCUT2D eigenvalue weighted by Crippen LogP contribution is -2.50. The predicted molar refractivity (Wildman–Crippen MR) is 49.9 cm³/mol. The van der Waals surface area contributed by atoms with Crippen LogP contribution in [0.1, 0.15) is 13.8 Å². The maximum absolute atomic E-state index is 11.2. The van der Waals surface area contributed by atoms with E-state index in [1.807, 2.05) is 0 Å². The summed E-state index contributed by atoms with van der Waals surface area (Å²) in [5.41, 5.74) is -1.53. The maximum atomic E-state index is 11.2. The molecule has 88 valence electrons. The van der Waals surface area contributed by atoms with Crippen molar-refractivity contribution >= 4 is 11.8 Å². The molecule has 0 aromatic heterocycles. The van der Waals surface area contributed by atoms with Gasteiger partial charge in [-0.05, 0) is 6.92 Å². The highest BCUT2D eigenvalue weighted by Crippen LogP contribution is 2.24. The lowest BCUT2D eigenvalue weighted by Gasteiger charge is -2.33. The molecule has 6 nitrogen and oxygen atoms in total. The first kappa shape index (κ1) is 14.0. The van der Waals surface area contributed by atoms with Crippen LogP contribution in [-0.4, -0.2) is 53.0 Å². The van der Waals surface area contributed by atoms with Crippen molar-refractivity contribution in [3.05, 3.63) is 0 Å². The second-order valence-corrected chi connectivity index (χ2v) is 3.44. The summed E-state index contributed by atoms with van der Waals surface area (Å²) in [6.07, 6.45) is -1.34. The van der Waals surface area contributed by atoms with Gasteiger partial charge in [-0.1, -0.05) is 0 Å². The van der Waals surface area contributed by atoms with Crippen LogP contribution in [0.4, 0.5) is 0 Å². The van der Waals surface area contributed by atoms with Crippen LogP contribution >= 0.6 is 0 Å². The van der Waals surface area contributed by atoms with E-state index in [1.54, 1.807) is 0 Å². The molecule has 0 aliphatic carbocycles. The second kappa shape index (κ2) is 5.79. The highest BCUT2D eigenvalue weighted by atomic mass is 16.5. The fourth-order valence-corrected chi connectivity index (χ4v) is 1.20. The van der Waals surface area contributed by atoms with Crippen LogP contribution < -0.4 is 0 Å². The zero-order chi connectivity index (χ0) is 12.1. The van der Waals surface area contributed by atoms with Gasteiger partial charge in [0.1, 0.15) is 0 Å². The Kier molecular flexibility index (Phi) is 5.41. The first-order valence-corrected chi connectivity index (χ1v) is 4.43. The number of hydrogen-bond acceptors (Lipinski definition) is 6. The molecule has 0 aromatic rings. The van der Waals surface area contributed by atoms with Gasteiger partial charge in [0.15, 0.2) is 11.9 Å². The Morgan fingerprint density at radius 2 is 1.53 bits per heavy atom. The SMILES string of the molecule is CC(=O)O[C@H](C(C)=O)C(CO)(CO)CO. The van der Waals surface area contributed by atoms with E-state index in [2.05, 4.69) is 4.74 Å². The number of Topliss-reactive ketones (excluding diaryl/α,β-unsaturated/α-hetero) is 1. The van der Waals surface area contributed by atoms with Gasteiger partial charge in [-0.15, -0.1) is 0 Å². The Morgan fingerprint density at radius 1 is 1.13 bits per heavy atom. The molecule has 0 radical (unpaired) electrons. The number of ketones is 1. The van der Waals surface area contributed by atoms with Crippen LogP contribution in [0.3, 0.4) is 0 Å². The van der Waals surface area contributed by atoms with Crippen LogP contribution in [0.5, 0.6) is 0 Å². The number of rotatable bonds is 6. The molecule has 0 aliphatic rings. The standard InChI is InChI=1S/C9H16O6/c1-6(13)8(15-7(2)14)9(3-10,4-11)5-12/h8,10-12H,3-5H2,1-2H3/t8-/m1/s1. The summed E-state index contributed by atoms with van der Waals surface area (Å²) in [6, 6.07) is 0. The smallest absolute Gasteiger partial charge is 0.303 e. The van der Waals surface area contributed by atoms with Crippen molar-refractivity contribution in [1.29, 1.82) is 0 Å². The van der Waals surface area contributed by atoms with E-state index < -0.39 is 43.1 Å². The van der Waals surface area contributed by atoms with Gasteiger partial charge in [-0.25, -0.2) is 0 Å². The summed E-state index contributed by atoms with van der Waals surface area (Å²) >= 11 is 0. The molecule has 0 saturated carbocycles. The lowest BCUT2D eigenvalue weighted by molar-refractivity contribution is -0.170. The van der Waals surface area contributed by atoms with E-state index in [4.69, 9.17) is 15.3 Å². The normalized spacial score (nSPS) is 13.4. The first-order valence-electron chi connectivity index (χ1n) is 4.43. The Morgan fingerprint density at radius 3 is 1.73 bits per heavy atom. The summed E-state index contributed by atoms with van der Waals surface area (Å²) in [4.78, 5) is 21.9. The summed E-state index contributed by atoms with van der Waals surface area (Å²) < 4.78 is 4.68. The Labute approximate surface area is 87.5 Å². The van der Waals surface area contributed by atoms with E-state index in [0.29, 0.717) is 0 Å². The monoisotopic (exact) mass is 220 g/mol. The minimum Gasteiger partial charge on any atom is -0.454 e. The number of aliphatic hydroxyl groups is 3. The van der Waals surface area contributed by atoms with Gasteiger partial charge >= 0.3 is 5.97 Å². The molecule has 0 unspecified atom stereocenters. The number of ether oxygens (including phenoxy) is 1. The van der Waals surface area contributed by atoms with E-state index >= 15 is 0 Å². The van der Waals surface area contributed by atoms with Gasteiger partial charge in [0.05, 0.1) is 25.2 Å². The third-order valence-corrected chi connectivity index (χ3v) is 2.15. The van der Waals surface area contributed by atoms with Crippen LogP contribution in [0.2, 0.25) is 0 Å². The molecular weight excluding hydrogens is 204 g/mol. The van der Waals surface area contributed by atoms with Gasteiger partial charge in [0.25, 0.3) is 0 Å². The van der Waals surface area contributed by atoms with Crippen molar-refractivity contribution in [3.63, 3.8) is 0 Å². The number of carbonyl (C=O) groups excluding carboxylic acids is 2. The lowest BCUT2D eigenvalue weighted by atomic mass is 9.82. The molecule has 0 saturated heterocycles. The summed E-state index contributed by atoms with van der Waals surface area (Å²) in [5, 5.41) is 27.1. The highest BCUT2D eigenvalue weighted by molar-refractivity contribution is 5.84. The summed E-state index contributed by atoms with van der Waals surface area (Å²) in [7, 11) is 0. The fourth-order valence-electron chi connectivity index (χ4n) is 1.20. The number of esters is 1. The molecule has 3 N–H and O–H groups in total. The van der Waals surface area contributed by atoms with Gasteiger partial charge in [-0.3, -0.25) is 9.59 Å². The van der Waals surface area contributed by atoms with Crippen LogP contribution in [0.15, 0.2) is 0 Å². The summed E-state index contributed by atoms with van der Waals surface area (Å²) in [5.74, 6) is -1.25. The quantitative estimate of drug-likeness (QED) is 0.469. The van der Waals surface area contributed by atoms with Gasteiger partial charge in [0.2, 0.25) is 0 Å². The zero-order valence-corrected chi connectivity index (χ0v) is 8.77. The van der Waals surface area contributed by atoms with Crippen molar-refractivity contribution < 1.29 is 29.6 Å². The average Bonchev–Trinajstić information content (AvgIpc) is 2.19. The van der Waals surface area contributed by atoms with E-state index in [-0.39, 0.29) is 0 Å². The number of hydrogen-bond donors (Lipinski definition) is 3. The van der Waals surface area contributed by atoms with E-state index in [0.717, 1.165) is 13.8 Å². The van der Waals surface area contributed by atoms with Crippen LogP contribution in [0, 0.1) is 5.41 Å². The minimum atomic E-state index is -1.53. The second-order valence-electron chi connectivity index (χ2n) is 3.44. The van der Waals surface area contributed by atoms with Gasteiger partial charge < -0.3 is 20.1 Å². The number of carbonyl (C=O) groups is 2. The molecule has 0 rings (SSSR count). The Bertz CT molecular complexity index is 224. The van der Waals surface area contributed by atoms with Crippen LogP contribution in [-0.2, 0) is 14.3 Å². The van der Waals surface area contributed by atoms with E-state index in [9.17, 15) is 9.59 Å². The van der Waals surface area contributed by atoms with Crippen molar-refractivity contribution in [2.75, 3.05) is 19.8 Å². The van der Waals surface area contributed by atoms with Crippen molar-refractivity contribution in [1.82, 2.24) is 0 Å². The molecule has 0 fully saturated rings. The zero-order valence-electron chi connectivity index (χ0n) is 8.77. The summed E-state index contributed by atoms with van der Waals surface area (Å²) in [6.45, 7) is 0.294. The topological polar surface area (TPSA) is 104 Å². The molecule has 0 aliphatic heterocycles. The molecule has 0 spiro atoms. The Hall–Kier alpha value is -0.980. The largest absolute Gasteiger partial charge is 0.454 e. The average molecular weight is 220 g/mol. The highest BCUT2D eigenvalue weighted by Gasteiger charge is 2.43. The Balaban J connectivity index is 4.99. The number of aliphatic hydroxyl groups excluding tert-OH is 3. The molecule has 15 heavy (non-hydrogen) atoms. The predicted octanol–water partition coefficient (Wildman–Crippen LogP) is -1.53. The van der Waals surface area contributed by atoms with Crippen molar-refractivity contribution in [2.24, 2.45) is 5.41 Å². The molecule has 0 bridgehead atoms. The third-order valence-electron chi connectivity index (χ3n) is 2.15. The molecule has 0 heterocycles. The minimum absolute atomic E-state index is 0.539. The van der Waals surface area contributed by atoms with Crippen molar-refractivity contribution in [3.8, 4) is 0 Å². The van der Waals surface area contributed by atoms with Crippen molar-refractivity contribution in [2.45, 2.75) is 20.0 Å². The van der Waals surface area contributed by atoms with Gasteiger partial charge in [-0.2, -0.15) is 0 Å². The molecular formula is C9H16O6. The third kappa shape index (κ3) is 3.26. The van der Waals surface area contributed by atoms with Crippen LogP contribution in [0.25, 0.3) is 0 Å². The first-order chi connectivity index (χ1) is 6.93. The molecule has 0 amide bonds. The fraction of sp³-hybridized carbons (Fsp3) is 0.778.